The molecule has 41 heavy (non-hydrogen) atoms. The monoisotopic (exact) mass is 674 g/mol. The summed E-state index contributed by atoms with van der Waals surface area (Å²) >= 11 is 8.31. The van der Waals surface area contributed by atoms with Crippen LogP contribution in [0.1, 0.15) is 53.1 Å². The maximum Gasteiger partial charge on any atom is 0.175 e. The number of halogens is 2. The van der Waals surface area contributed by atoms with Crippen LogP contribution in [0.25, 0.3) is 0 Å². The van der Waals surface area contributed by atoms with Gasteiger partial charge in [-0.1, -0.05) is 65.7 Å². The molecule has 0 saturated heterocycles. The number of rotatable bonds is 8. The highest BCUT2D eigenvalue weighted by Gasteiger charge is 2.37. The van der Waals surface area contributed by atoms with Gasteiger partial charge in [0.15, 0.2) is 11.5 Å². The molecule has 0 fully saturated rings. The van der Waals surface area contributed by atoms with E-state index in [2.05, 4.69) is 95.5 Å². The van der Waals surface area contributed by atoms with E-state index in [1.807, 2.05) is 43.5 Å². The molecule has 0 amide bonds. The topological polar surface area (TPSA) is 42.8 Å². The van der Waals surface area contributed by atoms with Gasteiger partial charge < -0.3 is 14.8 Å². The number of aryl methyl sites for hydroxylation is 1. The predicted octanol–water partition coefficient (Wildman–Crippen LogP) is 9.81. The number of anilines is 1. The van der Waals surface area contributed by atoms with Crippen LogP contribution in [0, 0.1) is 16.4 Å². The molecule has 1 N–H and O–H groups in total. The van der Waals surface area contributed by atoms with E-state index in [9.17, 15) is 0 Å². The van der Waals surface area contributed by atoms with Crippen molar-refractivity contribution >= 4 is 51.8 Å². The minimum absolute atomic E-state index is 0.277. The number of nitrogens with one attached hydrogen (secondary N) is 1. The molecule has 2 aliphatic rings. The van der Waals surface area contributed by atoms with Crippen molar-refractivity contribution in [3.05, 3.63) is 127 Å². The lowest BCUT2D eigenvalue weighted by Gasteiger charge is -2.37. The third-order valence-electron chi connectivity index (χ3n) is 7.76. The number of ether oxygens (including phenoxy) is 2. The number of nitrogens with zero attached hydrogens (tertiary/aromatic N) is 1. The lowest BCUT2D eigenvalue weighted by atomic mass is 9.76. The molecule has 3 atom stereocenters. The predicted molar refractivity (Wildman–Crippen MR) is 177 cm³/mol. The fourth-order valence-corrected chi connectivity index (χ4v) is 6.67. The van der Waals surface area contributed by atoms with Crippen LogP contribution in [0.2, 0.25) is 5.02 Å². The highest BCUT2D eigenvalue weighted by molar-refractivity contribution is 14.1. The lowest BCUT2D eigenvalue weighted by Crippen LogP contribution is -2.29. The van der Waals surface area contributed by atoms with Crippen molar-refractivity contribution in [3.63, 3.8) is 0 Å². The molecule has 208 valence electrons. The van der Waals surface area contributed by atoms with Crippen molar-refractivity contribution in [2.75, 3.05) is 11.9 Å². The normalized spacial score (nSPS) is 19.1. The van der Waals surface area contributed by atoms with Crippen molar-refractivity contribution in [3.8, 4) is 11.5 Å². The Morgan fingerprint density at radius 3 is 2.59 bits per heavy atom. The van der Waals surface area contributed by atoms with Crippen LogP contribution in [-0.4, -0.2) is 12.8 Å². The number of hydrogen-bond acceptors (Lipinski definition) is 4. The molecule has 1 aliphatic heterocycles. The van der Waals surface area contributed by atoms with Gasteiger partial charge in [0.1, 0.15) is 6.61 Å². The highest BCUT2D eigenvalue weighted by Crippen LogP contribution is 2.50. The van der Waals surface area contributed by atoms with E-state index < -0.39 is 0 Å². The fraction of sp³-hybridized carbons (Fsp3) is 0.229. The van der Waals surface area contributed by atoms with Gasteiger partial charge in [0.2, 0.25) is 0 Å². The molecule has 0 unspecified atom stereocenters. The number of hydrogen-bond donors (Lipinski definition) is 1. The zero-order chi connectivity index (χ0) is 28.3. The Kier molecular flexibility index (Phi) is 8.35. The van der Waals surface area contributed by atoms with E-state index in [1.54, 1.807) is 0 Å². The Morgan fingerprint density at radius 1 is 1.00 bits per heavy atom. The molecule has 6 heteroatoms. The van der Waals surface area contributed by atoms with Crippen molar-refractivity contribution in [1.82, 2.24) is 0 Å². The van der Waals surface area contributed by atoms with Gasteiger partial charge in [-0.05, 0) is 113 Å². The van der Waals surface area contributed by atoms with Crippen LogP contribution in [0.3, 0.4) is 0 Å². The van der Waals surface area contributed by atoms with Crippen molar-refractivity contribution < 1.29 is 9.47 Å². The molecule has 4 nitrogen and oxygen atoms in total. The van der Waals surface area contributed by atoms with Crippen molar-refractivity contribution in [1.29, 1.82) is 0 Å². The second-order valence-electron chi connectivity index (χ2n) is 10.6. The minimum Gasteiger partial charge on any atom is -0.490 e. The molecule has 1 aliphatic carbocycles. The summed E-state index contributed by atoms with van der Waals surface area (Å²) in [5.41, 5.74) is 8.19. The molecule has 4 aromatic carbocycles. The first-order chi connectivity index (χ1) is 20.0. The third-order valence-corrected chi connectivity index (χ3v) is 8.81. The Morgan fingerprint density at radius 2 is 1.80 bits per heavy atom. The molecule has 6 rings (SSSR count). The van der Waals surface area contributed by atoms with Crippen LogP contribution in [0.15, 0.2) is 96.0 Å². The third kappa shape index (κ3) is 6.16. The summed E-state index contributed by atoms with van der Waals surface area (Å²) in [6.45, 7) is 5.13. The zero-order valence-electron chi connectivity index (χ0n) is 23.1. The van der Waals surface area contributed by atoms with Gasteiger partial charge in [-0.2, -0.15) is 0 Å². The quantitative estimate of drug-likeness (QED) is 0.115. The minimum atomic E-state index is 0.277. The number of benzene rings is 4. The number of fused-ring (bicyclic) bond motifs is 3. The highest BCUT2D eigenvalue weighted by atomic mass is 127. The average molecular weight is 675 g/mol. The average Bonchev–Trinajstić information content (AvgIpc) is 3.47. The summed E-state index contributed by atoms with van der Waals surface area (Å²) in [4.78, 5) is 4.78. The van der Waals surface area contributed by atoms with Gasteiger partial charge in [0.25, 0.3) is 0 Å². The van der Waals surface area contributed by atoms with Gasteiger partial charge in [-0.3, -0.25) is 4.99 Å². The van der Waals surface area contributed by atoms with Crippen LogP contribution in [0.5, 0.6) is 11.5 Å². The summed E-state index contributed by atoms with van der Waals surface area (Å²) in [6, 6.07) is 27.4. The van der Waals surface area contributed by atoms with Crippen molar-refractivity contribution in [2.45, 2.75) is 38.8 Å². The van der Waals surface area contributed by atoms with Crippen LogP contribution in [0.4, 0.5) is 11.4 Å². The molecule has 1 heterocycles. The smallest absolute Gasteiger partial charge is 0.175 e. The number of aliphatic imine (C=N–C) groups is 1. The molecular formula is C35H32ClIN2O2. The second kappa shape index (κ2) is 12.3. The summed E-state index contributed by atoms with van der Waals surface area (Å²) in [7, 11) is 0. The molecule has 0 radical (unpaired) electrons. The SMILES string of the molecule is CCOc1cc(C=Nc2ccc([C@@H]3Nc4ccc(C)cc4[C@H]4C=CC[C@@H]43)cc2)cc(I)c1OCc1ccc(Cl)cc1. The van der Waals surface area contributed by atoms with Crippen molar-refractivity contribution in [2.24, 2.45) is 10.9 Å². The van der Waals surface area contributed by atoms with Gasteiger partial charge in [-0.25, -0.2) is 0 Å². The Balaban J connectivity index is 1.17. The van der Waals surface area contributed by atoms with Gasteiger partial charge in [0, 0.05) is 22.8 Å². The maximum atomic E-state index is 6.16. The van der Waals surface area contributed by atoms with E-state index in [1.165, 1.54) is 22.4 Å². The standard InChI is InChI=1S/C35H32ClIN2O2/c1-3-40-33-19-24(18-31(37)35(33)41-21-23-8-12-26(36)13-9-23)20-38-27-14-10-25(11-15-27)34-29-6-4-5-28(29)30-17-22(2)7-16-32(30)39-34/h4-5,7-20,28-29,34,39H,3,6,21H2,1-2H3/t28-,29-,34-/m0/s1. The molecular weight excluding hydrogens is 643 g/mol. The van der Waals surface area contributed by atoms with E-state index >= 15 is 0 Å². The van der Waals surface area contributed by atoms with E-state index in [-0.39, 0.29) is 6.04 Å². The Bertz CT molecular complexity index is 1600. The van der Waals surface area contributed by atoms with Crippen LogP contribution >= 0.6 is 34.2 Å². The first kappa shape index (κ1) is 27.9. The van der Waals surface area contributed by atoms with Gasteiger partial charge in [-0.15, -0.1) is 0 Å². The zero-order valence-corrected chi connectivity index (χ0v) is 26.0. The summed E-state index contributed by atoms with van der Waals surface area (Å²) < 4.78 is 13.1. The Labute approximate surface area is 260 Å². The summed E-state index contributed by atoms with van der Waals surface area (Å²) in [5, 5.41) is 4.54. The van der Waals surface area contributed by atoms with E-state index in [0.717, 1.165) is 32.6 Å². The summed E-state index contributed by atoms with van der Waals surface area (Å²) in [5.74, 6) is 2.44. The molecule has 0 aromatic heterocycles. The first-order valence-electron chi connectivity index (χ1n) is 14.0. The van der Waals surface area contributed by atoms with E-state index in [4.69, 9.17) is 26.1 Å². The van der Waals surface area contributed by atoms with E-state index in [0.29, 0.717) is 35.8 Å². The second-order valence-corrected chi connectivity index (χ2v) is 12.2. The number of allylic oxidation sites excluding steroid dienone is 2. The fourth-order valence-electron chi connectivity index (χ4n) is 5.76. The van der Waals surface area contributed by atoms with Gasteiger partial charge >= 0.3 is 0 Å². The first-order valence-corrected chi connectivity index (χ1v) is 15.5. The molecule has 0 spiro atoms. The van der Waals surface area contributed by atoms with Crippen LogP contribution in [-0.2, 0) is 6.61 Å². The maximum absolute atomic E-state index is 6.16. The van der Waals surface area contributed by atoms with Crippen LogP contribution < -0.4 is 14.8 Å². The molecule has 0 saturated carbocycles. The molecule has 0 bridgehead atoms. The largest absolute Gasteiger partial charge is 0.490 e. The Hall–Kier alpha value is -3.29. The summed E-state index contributed by atoms with van der Waals surface area (Å²) in [6.07, 6.45) is 7.71. The molecule has 4 aromatic rings. The lowest BCUT2D eigenvalue weighted by molar-refractivity contribution is 0.267. The van der Waals surface area contributed by atoms with Gasteiger partial charge in [0.05, 0.1) is 21.9 Å².